The number of hydrogen-bond donors (Lipinski definition) is 2. The molecule has 0 bridgehead atoms. The Morgan fingerprint density at radius 2 is 2.11 bits per heavy atom. The average Bonchev–Trinajstić information content (AvgIpc) is 2.82. The number of hydrogen-bond acceptors (Lipinski definition) is 2. The number of fused-ring (bicyclic) bond motifs is 1. The molecule has 1 unspecified atom stereocenters. The van der Waals surface area contributed by atoms with Gasteiger partial charge in [-0.2, -0.15) is 0 Å². The second-order valence-corrected chi connectivity index (χ2v) is 6.84. The highest BCUT2D eigenvalue weighted by Crippen LogP contribution is 2.23. The zero-order valence-corrected chi connectivity index (χ0v) is 12.3. The van der Waals surface area contributed by atoms with Gasteiger partial charge in [-0.3, -0.25) is 0 Å². The van der Waals surface area contributed by atoms with Crippen molar-refractivity contribution in [1.82, 2.24) is 10.6 Å². The summed E-state index contributed by atoms with van der Waals surface area (Å²) in [5.74, 6) is 0. The lowest BCUT2D eigenvalue weighted by Gasteiger charge is -2.37. The van der Waals surface area contributed by atoms with E-state index < -0.39 is 0 Å². The van der Waals surface area contributed by atoms with Gasteiger partial charge in [0.15, 0.2) is 0 Å². The normalized spacial score (nSPS) is 25.3. The number of benzene rings is 1. The fourth-order valence-corrected chi connectivity index (χ4v) is 3.55. The molecule has 0 radical (unpaired) electrons. The van der Waals surface area contributed by atoms with Crippen molar-refractivity contribution in [2.45, 2.75) is 64.1 Å². The predicted octanol–water partition coefficient (Wildman–Crippen LogP) is 2.80. The molecular formula is C17H26N2. The molecule has 19 heavy (non-hydrogen) atoms. The lowest BCUT2D eigenvalue weighted by molar-refractivity contribution is 0.247. The lowest BCUT2D eigenvalue weighted by Crippen LogP contribution is -2.51. The van der Waals surface area contributed by atoms with Gasteiger partial charge in [0.05, 0.1) is 0 Å². The topological polar surface area (TPSA) is 24.1 Å². The van der Waals surface area contributed by atoms with Gasteiger partial charge in [-0.05, 0) is 69.2 Å². The molecular weight excluding hydrogens is 232 g/mol. The Morgan fingerprint density at radius 3 is 2.95 bits per heavy atom. The zero-order chi connectivity index (χ0) is 13.3. The molecule has 1 aliphatic carbocycles. The van der Waals surface area contributed by atoms with Crippen molar-refractivity contribution in [2.24, 2.45) is 0 Å². The maximum atomic E-state index is 3.74. The van der Waals surface area contributed by atoms with Crippen LogP contribution in [0.2, 0.25) is 0 Å². The van der Waals surface area contributed by atoms with Crippen LogP contribution in [0.1, 0.15) is 49.8 Å². The van der Waals surface area contributed by atoms with Crippen molar-refractivity contribution < 1.29 is 0 Å². The van der Waals surface area contributed by atoms with Gasteiger partial charge < -0.3 is 10.6 Å². The molecule has 1 fully saturated rings. The molecule has 1 atom stereocenters. The summed E-state index contributed by atoms with van der Waals surface area (Å²) in [6.45, 7) is 6.76. The minimum atomic E-state index is 0.286. The van der Waals surface area contributed by atoms with Crippen molar-refractivity contribution in [1.29, 1.82) is 0 Å². The second kappa shape index (κ2) is 5.26. The van der Waals surface area contributed by atoms with Crippen molar-refractivity contribution in [3.8, 4) is 0 Å². The van der Waals surface area contributed by atoms with Crippen LogP contribution < -0.4 is 10.6 Å². The first-order valence-electron chi connectivity index (χ1n) is 7.71. The quantitative estimate of drug-likeness (QED) is 0.871. The summed E-state index contributed by atoms with van der Waals surface area (Å²) in [4.78, 5) is 0. The van der Waals surface area contributed by atoms with Crippen LogP contribution in [0.25, 0.3) is 0 Å². The van der Waals surface area contributed by atoms with E-state index in [1.165, 1.54) is 37.7 Å². The lowest BCUT2D eigenvalue weighted by atomic mass is 9.89. The van der Waals surface area contributed by atoms with Crippen LogP contribution in [-0.4, -0.2) is 18.1 Å². The molecule has 1 aliphatic heterocycles. The molecule has 1 heterocycles. The van der Waals surface area contributed by atoms with Gasteiger partial charge in [0.25, 0.3) is 0 Å². The fourth-order valence-electron chi connectivity index (χ4n) is 3.55. The van der Waals surface area contributed by atoms with Crippen LogP contribution in [0.5, 0.6) is 0 Å². The van der Waals surface area contributed by atoms with Gasteiger partial charge in [-0.15, -0.1) is 0 Å². The van der Waals surface area contributed by atoms with Crippen molar-refractivity contribution >= 4 is 0 Å². The minimum Gasteiger partial charge on any atom is -0.312 e. The molecule has 2 aliphatic rings. The molecule has 2 nitrogen and oxygen atoms in total. The van der Waals surface area contributed by atoms with E-state index in [2.05, 4.69) is 42.7 Å². The Bertz CT molecular complexity index is 451. The smallest absolute Gasteiger partial charge is 0.0208 e. The third-order valence-electron chi connectivity index (χ3n) is 4.61. The molecule has 0 amide bonds. The molecule has 2 heteroatoms. The molecule has 0 saturated carbocycles. The molecule has 1 aromatic carbocycles. The first kappa shape index (κ1) is 13.1. The number of rotatable bonds is 3. The first-order chi connectivity index (χ1) is 9.12. The van der Waals surface area contributed by atoms with E-state index in [-0.39, 0.29) is 5.54 Å². The van der Waals surface area contributed by atoms with Crippen LogP contribution in [0.15, 0.2) is 18.2 Å². The van der Waals surface area contributed by atoms with E-state index in [4.69, 9.17) is 0 Å². The Balaban J connectivity index is 1.57. The van der Waals surface area contributed by atoms with E-state index in [1.54, 1.807) is 11.1 Å². The van der Waals surface area contributed by atoms with Gasteiger partial charge in [-0.25, -0.2) is 0 Å². The summed E-state index contributed by atoms with van der Waals surface area (Å²) in [6, 6.07) is 7.72. The summed E-state index contributed by atoms with van der Waals surface area (Å²) in [5.41, 5.74) is 4.90. The van der Waals surface area contributed by atoms with Gasteiger partial charge in [0.2, 0.25) is 0 Å². The third kappa shape index (κ3) is 3.18. The molecule has 1 aromatic rings. The molecule has 2 N–H and O–H groups in total. The highest BCUT2D eigenvalue weighted by atomic mass is 15.0. The fraction of sp³-hybridized carbons (Fsp3) is 0.647. The Kier molecular flexibility index (Phi) is 3.64. The van der Waals surface area contributed by atoms with Gasteiger partial charge in [0, 0.05) is 18.1 Å². The maximum absolute atomic E-state index is 3.74. The van der Waals surface area contributed by atoms with Gasteiger partial charge in [-0.1, -0.05) is 18.2 Å². The standard InChI is InChI=1S/C17H26N2/c1-17(2)11-16(8-9-19-17)18-12-13-6-7-14-4-3-5-15(14)10-13/h6-7,10,16,18-19H,3-5,8-9,11-12H2,1-2H3. The van der Waals surface area contributed by atoms with Gasteiger partial charge in [0.1, 0.15) is 0 Å². The molecule has 0 aromatic heterocycles. The van der Waals surface area contributed by atoms with Crippen molar-refractivity contribution in [2.75, 3.05) is 6.54 Å². The van der Waals surface area contributed by atoms with E-state index >= 15 is 0 Å². The summed E-state index contributed by atoms with van der Waals surface area (Å²) >= 11 is 0. The van der Waals surface area contributed by atoms with Crippen LogP contribution in [-0.2, 0) is 19.4 Å². The highest BCUT2D eigenvalue weighted by Gasteiger charge is 2.26. The summed E-state index contributed by atoms with van der Waals surface area (Å²) < 4.78 is 0. The summed E-state index contributed by atoms with van der Waals surface area (Å²) in [7, 11) is 0. The number of nitrogens with one attached hydrogen (secondary N) is 2. The van der Waals surface area contributed by atoms with Crippen LogP contribution in [0, 0.1) is 0 Å². The first-order valence-corrected chi connectivity index (χ1v) is 7.71. The van der Waals surface area contributed by atoms with Crippen molar-refractivity contribution in [3.63, 3.8) is 0 Å². The zero-order valence-electron chi connectivity index (χ0n) is 12.3. The molecule has 0 spiro atoms. The van der Waals surface area contributed by atoms with Crippen molar-refractivity contribution in [3.05, 3.63) is 34.9 Å². The van der Waals surface area contributed by atoms with E-state index in [9.17, 15) is 0 Å². The monoisotopic (exact) mass is 258 g/mol. The number of aryl methyl sites for hydroxylation is 2. The SMILES string of the molecule is CC1(C)CC(NCc2ccc3c(c2)CCC3)CCN1. The largest absolute Gasteiger partial charge is 0.312 e. The highest BCUT2D eigenvalue weighted by molar-refractivity contribution is 5.35. The van der Waals surface area contributed by atoms with E-state index in [1.807, 2.05) is 0 Å². The van der Waals surface area contributed by atoms with E-state index in [0.717, 1.165) is 13.1 Å². The average molecular weight is 258 g/mol. The van der Waals surface area contributed by atoms with E-state index in [0.29, 0.717) is 6.04 Å². The Morgan fingerprint density at radius 1 is 1.26 bits per heavy atom. The maximum Gasteiger partial charge on any atom is 0.0208 e. The third-order valence-corrected chi connectivity index (χ3v) is 4.61. The van der Waals surface area contributed by atoms with Crippen LogP contribution >= 0.6 is 0 Å². The Hall–Kier alpha value is -0.860. The van der Waals surface area contributed by atoms with Crippen LogP contribution in [0.3, 0.4) is 0 Å². The summed E-state index contributed by atoms with van der Waals surface area (Å²) in [5, 5.41) is 7.33. The van der Waals surface area contributed by atoms with Crippen LogP contribution in [0.4, 0.5) is 0 Å². The second-order valence-electron chi connectivity index (χ2n) is 6.84. The van der Waals surface area contributed by atoms with Gasteiger partial charge >= 0.3 is 0 Å². The minimum absolute atomic E-state index is 0.286. The number of piperidine rings is 1. The molecule has 3 rings (SSSR count). The molecule has 104 valence electrons. The molecule has 1 saturated heterocycles. The Labute approximate surface area is 117 Å². The summed E-state index contributed by atoms with van der Waals surface area (Å²) in [6.07, 6.45) is 6.37. The predicted molar refractivity (Wildman–Crippen MR) is 80.4 cm³/mol.